The number of aromatic amines is 1. The monoisotopic (exact) mass is 559 g/mol. The normalized spacial score (nSPS) is 17.7. The van der Waals surface area contributed by atoms with Gasteiger partial charge in [-0.15, -0.1) is 0 Å². The molecule has 14 heteroatoms. The quantitative estimate of drug-likeness (QED) is 0.318. The van der Waals surface area contributed by atoms with Crippen molar-refractivity contribution in [2.75, 3.05) is 12.4 Å². The molecule has 0 fully saturated rings. The van der Waals surface area contributed by atoms with E-state index in [1.807, 2.05) is 0 Å². The zero-order valence-electron chi connectivity index (χ0n) is 20.1. The Morgan fingerprint density at radius 1 is 1.10 bits per heavy atom. The van der Waals surface area contributed by atoms with Gasteiger partial charge in [-0.2, -0.15) is 18.3 Å². The molecule has 0 saturated heterocycles. The molecule has 0 aliphatic carbocycles. The van der Waals surface area contributed by atoms with Crippen molar-refractivity contribution in [1.29, 1.82) is 0 Å². The van der Waals surface area contributed by atoms with Crippen LogP contribution in [0.5, 0.6) is 0 Å². The van der Waals surface area contributed by atoms with Crippen molar-refractivity contribution in [1.82, 2.24) is 15.1 Å². The van der Waals surface area contributed by atoms with E-state index in [0.717, 1.165) is 0 Å². The van der Waals surface area contributed by atoms with Gasteiger partial charge in [0.2, 0.25) is 10.0 Å². The number of halogens is 3. The molecule has 4 N–H and O–H groups in total. The van der Waals surface area contributed by atoms with E-state index in [-0.39, 0.29) is 22.7 Å². The fourth-order valence-electron chi connectivity index (χ4n) is 4.58. The third-order valence-corrected chi connectivity index (χ3v) is 7.27. The van der Waals surface area contributed by atoms with Crippen molar-refractivity contribution in [2.24, 2.45) is 5.14 Å². The van der Waals surface area contributed by atoms with Crippen LogP contribution in [0.1, 0.15) is 11.1 Å². The van der Waals surface area contributed by atoms with Gasteiger partial charge in [0.05, 0.1) is 10.4 Å². The van der Waals surface area contributed by atoms with Crippen LogP contribution in [0.25, 0.3) is 22.2 Å². The van der Waals surface area contributed by atoms with Crippen LogP contribution >= 0.6 is 0 Å². The van der Waals surface area contributed by atoms with Crippen LogP contribution in [0, 0.1) is 0 Å². The Balaban J connectivity index is 1.55. The average Bonchev–Trinajstić information content (AvgIpc) is 3.42. The number of likely N-dealkylation sites (N-methyl/N-ethyl adjacent to an activating group) is 1. The number of hydrogen-bond acceptors (Lipinski definition) is 7. The number of nitrogens with zero attached hydrogens (tertiary/aromatic N) is 2. The molecule has 1 unspecified atom stereocenters. The SMILES string of the molecule is CN1Cc2ccccc2C1(OC(=O)C(F)(F)F)C(=O)Nc1ccc2[nH]nc(-c3cccc(S(N)(=O)=O)c3)c2c1. The van der Waals surface area contributed by atoms with Crippen molar-refractivity contribution in [2.45, 2.75) is 23.3 Å². The third-order valence-electron chi connectivity index (χ3n) is 6.36. The summed E-state index contributed by atoms with van der Waals surface area (Å²) < 4.78 is 68.2. The van der Waals surface area contributed by atoms with Crippen LogP contribution in [-0.2, 0) is 36.6 Å². The van der Waals surface area contributed by atoms with Gasteiger partial charge in [0.1, 0.15) is 5.69 Å². The van der Waals surface area contributed by atoms with Crippen LogP contribution in [0.15, 0.2) is 71.6 Å². The third kappa shape index (κ3) is 4.62. The van der Waals surface area contributed by atoms with Gasteiger partial charge >= 0.3 is 12.1 Å². The molecule has 1 atom stereocenters. The van der Waals surface area contributed by atoms with E-state index in [2.05, 4.69) is 15.5 Å². The van der Waals surface area contributed by atoms with Crippen LogP contribution in [0.4, 0.5) is 18.9 Å². The van der Waals surface area contributed by atoms with Gasteiger partial charge in [-0.25, -0.2) is 18.4 Å². The summed E-state index contributed by atoms with van der Waals surface area (Å²) in [6, 6.07) is 16.6. The molecule has 0 bridgehead atoms. The number of amides is 1. The number of carbonyl (C=O) groups is 2. The Labute approximate surface area is 219 Å². The molecule has 3 aromatic carbocycles. The molecule has 0 spiro atoms. The molecule has 1 aliphatic rings. The van der Waals surface area contributed by atoms with Gasteiger partial charge in [0.25, 0.3) is 11.6 Å². The first-order valence-corrected chi connectivity index (χ1v) is 12.9. The number of primary sulfonamides is 1. The molecule has 5 rings (SSSR count). The molecule has 2 heterocycles. The summed E-state index contributed by atoms with van der Waals surface area (Å²) in [6.07, 6.45) is -5.33. The molecule has 202 valence electrons. The lowest BCUT2D eigenvalue weighted by atomic mass is 10.00. The number of hydrogen-bond donors (Lipinski definition) is 3. The lowest BCUT2D eigenvalue weighted by molar-refractivity contribution is -0.228. The smallest absolute Gasteiger partial charge is 0.423 e. The van der Waals surface area contributed by atoms with Gasteiger partial charge < -0.3 is 10.1 Å². The number of aromatic nitrogens is 2. The van der Waals surface area contributed by atoms with Gasteiger partial charge in [-0.1, -0.05) is 36.4 Å². The number of nitrogens with one attached hydrogen (secondary N) is 2. The van der Waals surface area contributed by atoms with Gasteiger partial charge in [-0.05, 0) is 42.9 Å². The standard InChI is InChI=1S/C25H20F3N5O5S/c1-33-13-15-5-2-3-8-19(15)24(33,38-23(35)25(26,27)28)22(34)30-16-9-10-20-18(12-16)21(32-31-20)14-6-4-7-17(11-14)39(29,36)37/h2-12H,13H2,1H3,(H,30,34)(H,31,32)(H2,29,36,37). The van der Waals surface area contributed by atoms with Crippen LogP contribution in [0.2, 0.25) is 0 Å². The maximum absolute atomic E-state index is 13.7. The maximum atomic E-state index is 13.7. The lowest BCUT2D eigenvalue weighted by Gasteiger charge is -2.34. The van der Waals surface area contributed by atoms with Crippen molar-refractivity contribution in [3.63, 3.8) is 0 Å². The Bertz CT molecular complexity index is 1740. The summed E-state index contributed by atoms with van der Waals surface area (Å²) in [5.41, 5.74) is -0.311. The Hall–Kier alpha value is -4.27. The number of ether oxygens (including phenoxy) is 1. The zero-order valence-corrected chi connectivity index (χ0v) is 20.9. The molecule has 4 aromatic rings. The molecule has 1 aromatic heterocycles. The number of nitrogens with two attached hydrogens (primary N) is 1. The predicted molar refractivity (Wildman–Crippen MR) is 133 cm³/mol. The number of carbonyl (C=O) groups excluding carboxylic acids is 2. The first-order valence-electron chi connectivity index (χ1n) is 11.3. The maximum Gasteiger partial charge on any atom is 0.491 e. The molecule has 1 amide bonds. The summed E-state index contributed by atoms with van der Waals surface area (Å²) in [6.45, 7) is 0.0556. The highest BCUT2D eigenvalue weighted by Crippen LogP contribution is 2.42. The van der Waals surface area contributed by atoms with E-state index < -0.39 is 33.8 Å². The van der Waals surface area contributed by atoms with Crippen molar-refractivity contribution in [3.8, 4) is 11.3 Å². The minimum absolute atomic E-state index is 0.0556. The number of fused-ring (bicyclic) bond motifs is 2. The molecule has 0 radical (unpaired) electrons. The average molecular weight is 560 g/mol. The first-order chi connectivity index (χ1) is 18.3. The van der Waals surface area contributed by atoms with E-state index in [9.17, 15) is 31.2 Å². The minimum Gasteiger partial charge on any atom is -0.423 e. The Morgan fingerprint density at radius 3 is 2.56 bits per heavy atom. The predicted octanol–water partition coefficient (Wildman–Crippen LogP) is 3.22. The van der Waals surface area contributed by atoms with E-state index in [0.29, 0.717) is 27.7 Å². The molecule has 0 saturated carbocycles. The highest BCUT2D eigenvalue weighted by Gasteiger charge is 2.57. The van der Waals surface area contributed by atoms with Gasteiger partial charge in [0, 0.05) is 28.7 Å². The molecular weight excluding hydrogens is 539 g/mol. The van der Waals surface area contributed by atoms with E-state index in [4.69, 9.17) is 9.88 Å². The number of alkyl halides is 3. The van der Waals surface area contributed by atoms with Crippen molar-refractivity contribution in [3.05, 3.63) is 77.9 Å². The number of esters is 1. The van der Waals surface area contributed by atoms with E-state index in [1.165, 1.54) is 54.4 Å². The molecule has 10 nitrogen and oxygen atoms in total. The summed E-state index contributed by atoms with van der Waals surface area (Å²) in [7, 11) is -2.61. The van der Waals surface area contributed by atoms with Crippen LogP contribution in [0.3, 0.4) is 0 Å². The van der Waals surface area contributed by atoms with Crippen molar-refractivity contribution < 1.29 is 35.9 Å². The lowest BCUT2D eigenvalue weighted by Crippen LogP contribution is -2.53. The highest BCUT2D eigenvalue weighted by atomic mass is 32.2. The van der Waals surface area contributed by atoms with Gasteiger partial charge in [-0.3, -0.25) is 14.8 Å². The number of benzene rings is 3. The second-order valence-electron chi connectivity index (χ2n) is 8.90. The second-order valence-corrected chi connectivity index (χ2v) is 10.5. The van der Waals surface area contributed by atoms with Crippen LogP contribution < -0.4 is 10.5 Å². The number of sulfonamides is 1. The van der Waals surface area contributed by atoms with E-state index in [1.54, 1.807) is 24.3 Å². The largest absolute Gasteiger partial charge is 0.491 e. The second kappa shape index (κ2) is 9.18. The summed E-state index contributed by atoms with van der Waals surface area (Å²) in [5, 5.41) is 15.3. The number of H-pyrrole nitrogens is 1. The van der Waals surface area contributed by atoms with Gasteiger partial charge in [0.15, 0.2) is 0 Å². The number of anilines is 1. The minimum atomic E-state index is -5.33. The highest BCUT2D eigenvalue weighted by molar-refractivity contribution is 7.89. The first kappa shape index (κ1) is 26.3. The van der Waals surface area contributed by atoms with Crippen molar-refractivity contribution >= 4 is 38.5 Å². The summed E-state index contributed by atoms with van der Waals surface area (Å²) in [5.74, 6) is -3.53. The Kier molecular flexibility index (Phi) is 6.20. The fourth-order valence-corrected chi connectivity index (χ4v) is 5.14. The molecular formula is C25H20F3N5O5S. The van der Waals surface area contributed by atoms with Crippen LogP contribution in [-0.4, -0.2) is 48.6 Å². The van der Waals surface area contributed by atoms with E-state index >= 15 is 0 Å². The molecule has 39 heavy (non-hydrogen) atoms. The summed E-state index contributed by atoms with van der Waals surface area (Å²) in [4.78, 5) is 26.7. The zero-order chi connectivity index (χ0) is 28.2. The Morgan fingerprint density at radius 2 is 1.85 bits per heavy atom. The summed E-state index contributed by atoms with van der Waals surface area (Å²) >= 11 is 0. The fraction of sp³-hybridized carbons (Fsp3) is 0.160. The molecule has 1 aliphatic heterocycles. The number of rotatable bonds is 5. The topological polar surface area (TPSA) is 147 Å².